The number of nitrogens with zero attached hydrogens (tertiary/aromatic N) is 7. The second-order valence-electron chi connectivity index (χ2n) is 9.31. The summed E-state index contributed by atoms with van der Waals surface area (Å²) in [7, 11) is -0.897. The molecule has 5 rings (SSSR count). The lowest BCUT2D eigenvalue weighted by Gasteiger charge is -2.34. The lowest BCUT2D eigenvalue weighted by Crippen LogP contribution is -2.44. The first kappa shape index (κ1) is 25.7. The van der Waals surface area contributed by atoms with Crippen molar-refractivity contribution in [3.63, 3.8) is 0 Å². The summed E-state index contributed by atoms with van der Waals surface area (Å²) in [5.74, 6) is -0.439. The van der Waals surface area contributed by atoms with E-state index < -0.39 is 10.2 Å². The van der Waals surface area contributed by atoms with Crippen molar-refractivity contribution in [2.45, 2.75) is 39.0 Å². The standard InChI is InChI=1S/C23H25Cl2N7O4S/c1-14-10-20-17(13-30(14)22(33)15-4-5-18(24)19(25)11-15)21-23(34)29(8-9-31(21)27-20)12-16-6-7-32(26-16)37(35,36)28(2)3/h4-7,11,14H,8-10,12-13H2,1-3H3/t14-/m1/s1. The van der Waals surface area contributed by atoms with Crippen molar-refractivity contribution in [2.24, 2.45) is 0 Å². The summed E-state index contributed by atoms with van der Waals surface area (Å²) >= 11 is 12.1. The van der Waals surface area contributed by atoms with Crippen molar-refractivity contribution in [3.05, 3.63) is 68.7 Å². The largest absolute Gasteiger partial charge is 0.331 e. The van der Waals surface area contributed by atoms with Gasteiger partial charge >= 0.3 is 10.2 Å². The maximum atomic E-state index is 13.5. The summed E-state index contributed by atoms with van der Waals surface area (Å²) in [4.78, 5) is 30.2. The van der Waals surface area contributed by atoms with Crippen molar-refractivity contribution in [2.75, 3.05) is 20.6 Å². The third kappa shape index (κ3) is 4.52. The number of halogens is 2. The SMILES string of the molecule is C[C@@H]1Cc2nn3c(c2CN1C(=O)c1ccc(Cl)c(Cl)c1)C(=O)N(Cc1ccn(S(=O)(=O)N(C)C)n1)CC3. The Balaban J connectivity index is 1.39. The number of hydrogen-bond acceptors (Lipinski definition) is 6. The zero-order chi connectivity index (χ0) is 26.6. The van der Waals surface area contributed by atoms with E-state index in [1.165, 1.54) is 20.3 Å². The van der Waals surface area contributed by atoms with E-state index in [0.717, 1.165) is 19.6 Å². The van der Waals surface area contributed by atoms with Gasteiger partial charge in [-0.15, -0.1) is 0 Å². The first-order chi connectivity index (χ1) is 17.5. The van der Waals surface area contributed by atoms with Crippen LogP contribution in [0.25, 0.3) is 0 Å². The predicted octanol–water partition coefficient (Wildman–Crippen LogP) is 2.28. The molecule has 2 aliphatic rings. The molecule has 2 amide bonds. The normalized spacial score (nSPS) is 17.8. The highest BCUT2D eigenvalue weighted by molar-refractivity contribution is 7.87. The fraction of sp³-hybridized carbons (Fsp3) is 0.391. The molecule has 4 heterocycles. The maximum Gasteiger partial charge on any atom is 0.322 e. The Morgan fingerprint density at radius 3 is 2.59 bits per heavy atom. The van der Waals surface area contributed by atoms with E-state index in [-0.39, 0.29) is 30.9 Å². The summed E-state index contributed by atoms with van der Waals surface area (Å²) in [6, 6.07) is 6.22. The minimum absolute atomic E-state index is 0.125. The van der Waals surface area contributed by atoms with Crippen molar-refractivity contribution in [1.29, 1.82) is 0 Å². The molecular weight excluding hydrogens is 541 g/mol. The van der Waals surface area contributed by atoms with Crippen molar-refractivity contribution >= 4 is 45.2 Å². The van der Waals surface area contributed by atoms with Crippen LogP contribution in [-0.2, 0) is 36.3 Å². The van der Waals surface area contributed by atoms with Crippen LogP contribution in [0.1, 0.15) is 44.7 Å². The number of fused-ring (bicyclic) bond motifs is 3. The van der Waals surface area contributed by atoms with Crippen LogP contribution in [0, 0.1) is 0 Å². The zero-order valence-electron chi connectivity index (χ0n) is 20.4. The number of carbonyl (C=O) groups excluding carboxylic acids is 2. The van der Waals surface area contributed by atoms with Crippen LogP contribution >= 0.6 is 23.2 Å². The smallest absolute Gasteiger partial charge is 0.322 e. The number of aromatic nitrogens is 4. The molecule has 1 atom stereocenters. The molecule has 0 saturated carbocycles. The van der Waals surface area contributed by atoms with Gasteiger partial charge < -0.3 is 9.80 Å². The van der Waals surface area contributed by atoms with E-state index in [2.05, 4.69) is 10.2 Å². The topological polar surface area (TPSA) is 114 Å². The molecule has 0 aliphatic carbocycles. The molecule has 14 heteroatoms. The summed E-state index contributed by atoms with van der Waals surface area (Å²) in [5, 5.41) is 9.49. The Morgan fingerprint density at radius 1 is 1.14 bits per heavy atom. The molecule has 0 unspecified atom stereocenters. The second-order valence-corrected chi connectivity index (χ2v) is 12.1. The van der Waals surface area contributed by atoms with Crippen LogP contribution in [0.2, 0.25) is 10.0 Å². The minimum atomic E-state index is -3.74. The van der Waals surface area contributed by atoms with E-state index in [1.54, 1.807) is 38.7 Å². The van der Waals surface area contributed by atoms with E-state index in [9.17, 15) is 18.0 Å². The molecule has 3 aromatic rings. The first-order valence-corrected chi connectivity index (χ1v) is 13.7. The Hall–Kier alpha value is -2.93. The zero-order valence-corrected chi connectivity index (χ0v) is 22.8. The summed E-state index contributed by atoms with van der Waals surface area (Å²) in [5.41, 5.74) is 2.84. The number of hydrogen-bond donors (Lipinski definition) is 0. The van der Waals surface area contributed by atoms with Gasteiger partial charge in [-0.2, -0.15) is 27.0 Å². The summed E-state index contributed by atoms with van der Waals surface area (Å²) in [6.45, 7) is 3.22. The van der Waals surface area contributed by atoms with Gasteiger partial charge in [0, 0.05) is 50.4 Å². The van der Waals surface area contributed by atoms with Gasteiger partial charge in [-0.25, -0.2) is 0 Å². The molecule has 37 heavy (non-hydrogen) atoms. The third-order valence-electron chi connectivity index (χ3n) is 6.65. The Bertz CT molecular complexity index is 1510. The van der Waals surface area contributed by atoms with E-state index >= 15 is 0 Å². The fourth-order valence-electron chi connectivity index (χ4n) is 4.60. The van der Waals surface area contributed by atoms with E-state index in [4.69, 9.17) is 23.2 Å². The van der Waals surface area contributed by atoms with Gasteiger partial charge in [0.05, 0.1) is 41.1 Å². The number of carbonyl (C=O) groups is 2. The maximum absolute atomic E-state index is 13.5. The molecule has 2 aliphatic heterocycles. The third-order valence-corrected chi connectivity index (χ3v) is 8.99. The molecule has 0 bridgehead atoms. The minimum Gasteiger partial charge on any atom is -0.331 e. The quantitative estimate of drug-likeness (QED) is 0.469. The first-order valence-electron chi connectivity index (χ1n) is 11.6. The summed E-state index contributed by atoms with van der Waals surface area (Å²) < 4.78 is 28.3. The monoisotopic (exact) mass is 565 g/mol. The average molecular weight is 566 g/mol. The summed E-state index contributed by atoms with van der Waals surface area (Å²) in [6.07, 6.45) is 1.88. The van der Waals surface area contributed by atoms with Crippen molar-refractivity contribution in [3.8, 4) is 0 Å². The average Bonchev–Trinajstić information content (AvgIpc) is 3.46. The highest BCUT2D eigenvalue weighted by Gasteiger charge is 2.37. The molecule has 0 saturated heterocycles. The van der Waals surface area contributed by atoms with Gasteiger partial charge in [-0.3, -0.25) is 14.3 Å². The molecule has 0 fully saturated rings. The van der Waals surface area contributed by atoms with Gasteiger partial charge in [0.2, 0.25) is 0 Å². The molecule has 1 aromatic carbocycles. The van der Waals surface area contributed by atoms with E-state index in [0.29, 0.717) is 46.5 Å². The molecule has 0 spiro atoms. The van der Waals surface area contributed by atoms with Crippen molar-refractivity contribution in [1.82, 2.24) is 33.1 Å². The van der Waals surface area contributed by atoms with Gasteiger partial charge in [0.25, 0.3) is 11.8 Å². The molecule has 0 N–H and O–H groups in total. The second kappa shape index (κ2) is 9.43. The lowest BCUT2D eigenvalue weighted by atomic mass is 9.97. The van der Waals surface area contributed by atoms with Gasteiger partial charge in [0.1, 0.15) is 5.69 Å². The Morgan fingerprint density at radius 2 is 1.89 bits per heavy atom. The van der Waals surface area contributed by atoms with Crippen LogP contribution in [0.5, 0.6) is 0 Å². The predicted molar refractivity (Wildman–Crippen MR) is 137 cm³/mol. The molecule has 11 nitrogen and oxygen atoms in total. The van der Waals surface area contributed by atoms with Crippen LogP contribution < -0.4 is 0 Å². The molecular formula is C23H25Cl2N7O4S. The van der Waals surface area contributed by atoms with Crippen LogP contribution in [-0.4, -0.2) is 80.0 Å². The van der Waals surface area contributed by atoms with Crippen LogP contribution in [0.15, 0.2) is 30.5 Å². The van der Waals surface area contributed by atoms with Gasteiger partial charge in [-0.05, 0) is 31.2 Å². The highest BCUT2D eigenvalue weighted by atomic mass is 35.5. The lowest BCUT2D eigenvalue weighted by molar-refractivity contribution is 0.0636. The number of rotatable bonds is 5. The van der Waals surface area contributed by atoms with Crippen molar-refractivity contribution < 1.29 is 18.0 Å². The van der Waals surface area contributed by atoms with Gasteiger partial charge in [-0.1, -0.05) is 23.2 Å². The Kier molecular flexibility index (Phi) is 6.55. The van der Waals surface area contributed by atoms with Gasteiger partial charge in [0.15, 0.2) is 0 Å². The van der Waals surface area contributed by atoms with Crippen LogP contribution in [0.3, 0.4) is 0 Å². The fourth-order valence-corrected chi connectivity index (χ4v) is 5.65. The number of benzene rings is 1. The molecule has 196 valence electrons. The van der Waals surface area contributed by atoms with E-state index in [1.807, 2.05) is 6.92 Å². The van der Waals surface area contributed by atoms with Crippen LogP contribution in [0.4, 0.5) is 0 Å². The molecule has 0 radical (unpaired) electrons. The molecule has 2 aromatic heterocycles. The Labute approximate surface area is 224 Å². The number of amides is 2. The highest BCUT2D eigenvalue weighted by Crippen LogP contribution is 2.31.